The molecule has 0 nitrogen and oxygen atoms in total. The van der Waals surface area contributed by atoms with Crippen molar-refractivity contribution in [3.8, 4) is 0 Å². The van der Waals surface area contributed by atoms with Gasteiger partial charge in [-0.25, -0.2) is 8.78 Å². The SMILES string of the molecule is FC1CCCCCCCCCCC1F. The molecule has 2 heteroatoms. The van der Waals surface area contributed by atoms with Gasteiger partial charge in [0.1, 0.15) is 12.3 Å². The molecule has 0 bridgehead atoms. The molecule has 0 aromatic rings. The van der Waals surface area contributed by atoms with Crippen molar-refractivity contribution in [2.45, 2.75) is 76.6 Å². The Morgan fingerprint density at radius 2 is 0.786 bits per heavy atom. The van der Waals surface area contributed by atoms with Gasteiger partial charge in [0, 0.05) is 0 Å². The Morgan fingerprint density at radius 1 is 0.500 bits per heavy atom. The first-order valence-corrected chi connectivity index (χ1v) is 6.09. The Balaban J connectivity index is 2.23. The fraction of sp³-hybridized carbons (Fsp3) is 1.00. The lowest BCUT2D eigenvalue weighted by atomic mass is 9.99. The number of rotatable bonds is 0. The van der Waals surface area contributed by atoms with Crippen LogP contribution in [0.2, 0.25) is 0 Å². The van der Waals surface area contributed by atoms with Crippen molar-refractivity contribution in [1.82, 2.24) is 0 Å². The smallest absolute Gasteiger partial charge is 0.131 e. The van der Waals surface area contributed by atoms with Crippen molar-refractivity contribution in [3.63, 3.8) is 0 Å². The largest absolute Gasteiger partial charge is 0.244 e. The molecule has 2 unspecified atom stereocenters. The molecule has 1 aliphatic carbocycles. The van der Waals surface area contributed by atoms with Crippen LogP contribution in [0.5, 0.6) is 0 Å². The lowest BCUT2D eigenvalue weighted by molar-refractivity contribution is 0.142. The predicted octanol–water partition coefficient (Wildman–Crippen LogP) is 4.58. The number of halogens is 2. The summed E-state index contributed by atoms with van der Waals surface area (Å²) in [6.45, 7) is 0. The molecule has 1 aliphatic rings. The molecule has 0 aromatic carbocycles. The molecule has 0 saturated heterocycles. The highest BCUT2D eigenvalue weighted by Gasteiger charge is 2.19. The molecule has 0 radical (unpaired) electrons. The van der Waals surface area contributed by atoms with Crippen LogP contribution in [0.4, 0.5) is 8.78 Å². The third-order valence-electron chi connectivity index (χ3n) is 3.10. The zero-order valence-corrected chi connectivity index (χ0v) is 8.98. The lowest BCUT2D eigenvalue weighted by Gasteiger charge is -2.14. The van der Waals surface area contributed by atoms with Crippen molar-refractivity contribution in [2.24, 2.45) is 0 Å². The third-order valence-corrected chi connectivity index (χ3v) is 3.10. The maximum atomic E-state index is 13.2. The highest BCUT2D eigenvalue weighted by molar-refractivity contribution is 4.69. The minimum Gasteiger partial charge on any atom is -0.244 e. The van der Waals surface area contributed by atoms with Crippen LogP contribution in [0, 0.1) is 0 Å². The Hall–Kier alpha value is -0.140. The fourth-order valence-corrected chi connectivity index (χ4v) is 2.10. The highest BCUT2D eigenvalue weighted by Crippen LogP contribution is 2.20. The molecule has 0 amide bonds. The van der Waals surface area contributed by atoms with Crippen LogP contribution in [0.1, 0.15) is 64.2 Å². The number of hydrogen-bond acceptors (Lipinski definition) is 0. The van der Waals surface area contributed by atoms with Gasteiger partial charge in [-0.05, 0) is 12.8 Å². The Labute approximate surface area is 86.1 Å². The van der Waals surface area contributed by atoms with Gasteiger partial charge in [-0.1, -0.05) is 51.4 Å². The molecule has 84 valence electrons. The van der Waals surface area contributed by atoms with E-state index < -0.39 is 12.3 Å². The Kier molecular flexibility index (Phi) is 6.13. The van der Waals surface area contributed by atoms with E-state index in [1.54, 1.807) is 0 Å². The summed E-state index contributed by atoms with van der Waals surface area (Å²) in [5.74, 6) is 0. The Morgan fingerprint density at radius 3 is 1.14 bits per heavy atom. The molecule has 1 saturated carbocycles. The summed E-state index contributed by atoms with van der Waals surface area (Å²) in [5, 5.41) is 0. The molecule has 0 aliphatic heterocycles. The molecule has 14 heavy (non-hydrogen) atoms. The summed E-state index contributed by atoms with van der Waals surface area (Å²) in [6.07, 6.45) is 7.29. The molecule has 1 rings (SSSR count). The van der Waals surface area contributed by atoms with Crippen molar-refractivity contribution >= 4 is 0 Å². The fourth-order valence-electron chi connectivity index (χ4n) is 2.10. The summed E-state index contributed by atoms with van der Waals surface area (Å²) in [5.41, 5.74) is 0. The van der Waals surface area contributed by atoms with E-state index in [4.69, 9.17) is 0 Å². The van der Waals surface area contributed by atoms with Gasteiger partial charge in [0.25, 0.3) is 0 Å². The first-order chi connectivity index (χ1) is 6.80. The van der Waals surface area contributed by atoms with Gasteiger partial charge in [-0.15, -0.1) is 0 Å². The summed E-state index contributed by atoms with van der Waals surface area (Å²) >= 11 is 0. The second-order valence-corrected chi connectivity index (χ2v) is 4.44. The summed E-state index contributed by atoms with van der Waals surface area (Å²) in [6, 6.07) is 0. The Bertz CT molecular complexity index is 120. The summed E-state index contributed by atoms with van der Waals surface area (Å²) in [7, 11) is 0. The van der Waals surface area contributed by atoms with E-state index in [9.17, 15) is 8.78 Å². The van der Waals surface area contributed by atoms with Crippen LogP contribution in [0.15, 0.2) is 0 Å². The van der Waals surface area contributed by atoms with Gasteiger partial charge in [0.05, 0.1) is 0 Å². The summed E-state index contributed by atoms with van der Waals surface area (Å²) in [4.78, 5) is 0. The van der Waals surface area contributed by atoms with Gasteiger partial charge in [-0.3, -0.25) is 0 Å². The predicted molar refractivity (Wildman–Crippen MR) is 56.0 cm³/mol. The molecule has 0 spiro atoms. The van der Waals surface area contributed by atoms with Crippen LogP contribution in [0.3, 0.4) is 0 Å². The average molecular weight is 204 g/mol. The summed E-state index contributed by atoms with van der Waals surface area (Å²) < 4.78 is 26.4. The van der Waals surface area contributed by atoms with Crippen LogP contribution < -0.4 is 0 Å². The molecule has 1 fully saturated rings. The second kappa shape index (κ2) is 7.19. The molecule has 0 N–H and O–H groups in total. The molecule has 0 aromatic heterocycles. The van der Waals surface area contributed by atoms with Crippen molar-refractivity contribution in [3.05, 3.63) is 0 Å². The first kappa shape index (κ1) is 11.9. The monoisotopic (exact) mass is 204 g/mol. The average Bonchev–Trinajstić information content (AvgIpc) is 2.18. The maximum Gasteiger partial charge on any atom is 0.131 e. The molecule has 0 heterocycles. The maximum absolute atomic E-state index is 13.2. The van der Waals surface area contributed by atoms with Crippen molar-refractivity contribution < 1.29 is 8.78 Å². The van der Waals surface area contributed by atoms with Crippen molar-refractivity contribution in [2.75, 3.05) is 0 Å². The first-order valence-electron chi connectivity index (χ1n) is 6.09. The lowest BCUT2D eigenvalue weighted by Crippen LogP contribution is -2.17. The number of hydrogen-bond donors (Lipinski definition) is 0. The van der Waals surface area contributed by atoms with E-state index in [-0.39, 0.29) is 0 Å². The topological polar surface area (TPSA) is 0 Å². The normalized spacial score (nSPS) is 33.0. The van der Waals surface area contributed by atoms with E-state index in [1.165, 1.54) is 25.7 Å². The van der Waals surface area contributed by atoms with Crippen LogP contribution in [-0.4, -0.2) is 12.3 Å². The van der Waals surface area contributed by atoms with Gasteiger partial charge in [0.15, 0.2) is 0 Å². The van der Waals surface area contributed by atoms with Gasteiger partial charge >= 0.3 is 0 Å². The molecule has 2 atom stereocenters. The zero-order valence-electron chi connectivity index (χ0n) is 8.98. The molecular weight excluding hydrogens is 182 g/mol. The minimum atomic E-state index is -1.20. The quantitative estimate of drug-likeness (QED) is 0.542. The minimum absolute atomic E-state index is 0.432. The van der Waals surface area contributed by atoms with Crippen LogP contribution in [0.25, 0.3) is 0 Å². The molecular formula is C12H22F2. The van der Waals surface area contributed by atoms with Gasteiger partial charge in [-0.2, -0.15) is 0 Å². The van der Waals surface area contributed by atoms with Crippen LogP contribution >= 0.6 is 0 Å². The second-order valence-electron chi connectivity index (χ2n) is 4.44. The third kappa shape index (κ3) is 4.92. The van der Waals surface area contributed by atoms with Gasteiger partial charge < -0.3 is 0 Å². The van der Waals surface area contributed by atoms with Gasteiger partial charge in [0.2, 0.25) is 0 Å². The van der Waals surface area contributed by atoms with Crippen LogP contribution in [-0.2, 0) is 0 Å². The van der Waals surface area contributed by atoms with E-state index in [0.717, 1.165) is 25.7 Å². The van der Waals surface area contributed by atoms with E-state index in [1.807, 2.05) is 0 Å². The highest BCUT2D eigenvalue weighted by atomic mass is 19.2. The standard InChI is InChI=1S/C12H22F2/c13-11-9-7-5-3-1-2-4-6-8-10-12(11)14/h11-12H,1-10H2. The van der Waals surface area contributed by atoms with E-state index in [0.29, 0.717) is 12.8 Å². The van der Waals surface area contributed by atoms with E-state index >= 15 is 0 Å². The van der Waals surface area contributed by atoms with Crippen molar-refractivity contribution in [1.29, 1.82) is 0 Å². The zero-order chi connectivity index (χ0) is 10.2. The van der Waals surface area contributed by atoms with E-state index in [2.05, 4.69) is 0 Å². The number of alkyl halides is 2.